The number of carbonyl (C=O) groups is 1. The normalized spacial score (nSPS) is 10.4. The fourth-order valence-electron chi connectivity index (χ4n) is 1.16. The van der Waals surface area contributed by atoms with Gasteiger partial charge in [-0.05, 0) is 18.2 Å². The van der Waals surface area contributed by atoms with Gasteiger partial charge in [-0.3, -0.25) is 9.52 Å². The lowest BCUT2D eigenvalue weighted by atomic mass is 10.2. The molecule has 1 aromatic carbocycles. The van der Waals surface area contributed by atoms with Crippen LogP contribution in [0.3, 0.4) is 0 Å². The highest BCUT2D eigenvalue weighted by Crippen LogP contribution is 2.19. The van der Waals surface area contributed by atoms with Gasteiger partial charge in [0.2, 0.25) is 10.0 Å². The number of carbonyl (C=O) groups excluding carboxylic acids is 1. The summed E-state index contributed by atoms with van der Waals surface area (Å²) in [6.45, 7) is 0. The Balaban J connectivity index is 2.98. The standard InChI is InChI=1S/C10H11N3O4S/c1-17-10(14)6-18(15,16)13-9-3-2-8(12)4-7(9)5-11/h2-4,13H,6,12H2,1H3. The van der Waals surface area contributed by atoms with Gasteiger partial charge in [0.15, 0.2) is 5.75 Å². The van der Waals surface area contributed by atoms with Crippen LogP contribution in [0.2, 0.25) is 0 Å². The zero-order valence-electron chi connectivity index (χ0n) is 9.50. The van der Waals surface area contributed by atoms with Gasteiger partial charge in [-0.1, -0.05) is 0 Å². The van der Waals surface area contributed by atoms with Crippen molar-refractivity contribution in [2.75, 3.05) is 23.3 Å². The molecule has 0 unspecified atom stereocenters. The topological polar surface area (TPSA) is 122 Å². The second-order valence-electron chi connectivity index (χ2n) is 3.35. The molecule has 0 aliphatic heterocycles. The number of benzene rings is 1. The predicted molar refractivity (Wildman–Crippen MR) is 65.0 cm³/mol. The summed E-state index contributed by atoms with van der Waals surface area (Å²) < 4.78 is 29.5. The minimum Gasteiger partial charge on any atom is -0.468 e. The molecule has 3 N–H and O–H groups in total. The third kappa shape index (κ3) is 3.64. The lowest BCUT2D eigenvalue weighted by Crippen LogP contribution is -2.24. The molecule has 1 aromatic rings. The van der Waals surface area contributed by atoms with Gasteiger partial charge < -0.3 is 10.5 Å². The third-order valence-electron chi connectivity index (χ3n) is 1.97. The van der Waals surface area contributed by atoms with Crippen LogP contribution in [-0.2, 0) is 19.6 Å². The van der Waals surface area contributed by atoms with Gasteiger partial charge in [0.05, 0.1) is 18.4 Å². The van der Waals surface area contributed by atoms with Crippen molar-refractivity contribution >= 4 is 27.4 Å². The molecule has 0 spiro atoms. The molecule has 0 atom stereocenters. The number of nitriles is 1. The van der Waals surface area contributed by atoms with E-state index in [1.165, 1.54) is 18.2 Å². The van der Waals surface area contributed by atoms with E-state index >= 15 is 0 Å². The smallest absolute Gasteiger partial charge is 0.322 e. The number of nitrogens with two attached hydrogens (primary N) is 1. The Bertz CT molecular complexity index is 604. The fourth-order valence-corrected chi connectivity index (χ4v) is 2.17. The Morgan fingerprint density at radius 3 is 2.78 bits per heavy atom. The zero-order chi connectivity index (χ0) is 13.8. The van der Waals surface area contributed by atoms with Crippen molar-refractivity contribution in [2.24, 2.45) is 0 Å². The maximum Gasteiger partial charge on any atom is 0.322 e. The third-order valence-corrected chi connectivity index (χ3v) is 3.11. The highest BCUT2D eigenvalue weighted by Gasteiger charge is 2.18. The van der Waals surface area contributed by atoms with Gasteiger partial charge >= 0.3 is 5.97 Å². The summed E-state index contributed by atoms with van der Waals surface area (Å²) in [5.41, 5.74) is 5.94. The number of nitrogen functional groups attached to an aromatic ring is 1. The highest BCUT2D eigenvalue weighted by atomic mass is 32.2. The average Bonchev–Trinajstić information content (AvgIpc) is 2.30. The van der Waals surface area contributed by atoms with E-state index in [9.17, 15) is 13.2 Å². The minimum atomic E-state index is -3.91. The fraction of sp³-hybridized carbons (Fsp3) is 0.200. The Labute approximate surface area is 104 Å². The van der Waals surface area contributed by atoms with Crippen molar-refractivity contribution in [1.29, 1.82) is 5.26 Å². The number of esters is 1. The molecule has 7 nitrogen and oxygen atoms in total. The number of nitrogens with zero attached hydrogens (tertiary/aromatic N) is 1. The molecule has 18 heavy (non-hydrogen) atoms. The van der Waals surface area contributed by atoms with E-state index in [1.807, 2.05) is 0 Å². The van der Waals surface area contributed by atoms with Crippen molar-refractivity contribution in [3.63, 3.8) is 0 Å². The predicted octanol–water partition coefficient (Wildman–Crippen LogP) is 0.0552. The largest absolute Gasteiger partial charge is 0.468 e. The molecule has 0 saturated carbocycles. The van der Waals surface area contributed by atoms with Crippen LogP contribution in [-0.4, -0.2) is 27.2 Å². The molecular weight excluding hydrogens is 258 g/mol. The molecule has 1 rings (SSSR count). The van der Waals surface area contributed by atoms with E-state index in [0.717, 1.165) is 7.11 Å². The van der Waals surface area contributed by atoms with Crippen molar-refractivity contribution in [1.82, 2.24) is 0 Å². The molecule has 0 fully saturated rings. The molecule has 8 heteroatoms. The SMILES string of the molecule is COC(=O)CS(=O)(=O)Nc1ccc(N)cc1C#N. The summed E-state index contributed by atoms with van der Waals surface area (Å²) in [5, 5.41) is 8.84. The number of nitrogens with one attached hydrogen (secondary N) is 1. The van der Waals surface area contributed by atoms with Crippen molar-refractivity contribution < 1.29 is 17.9 Å². The van der Waals surface area contributed by atoms with Gasteiger partial charge in [0.1, 0.15) is 6.07 Å². The zero-order valence-corrected chi connectivity index (χ0v) is 10.3. The van der Waals surface area contributed by atoms with Crippen LogP contribution >= 0.6 is 0 Å². The minimum absolute atomic E-state index is 0.0654. The van der Waals surface area contributed by atoms with Crippen LogP contribution in [0, 0.1) is 11.3 Å². The molecule has 0 bridgehead atoms. The Morgan fingerprint density at radius 1 is 1.56 bits per heavy atom. The Morgan fingerprint density at radius 2 is 2.22 bits per heavy atom. The van der Waals surface area contributed by atoms with E-state index in [2.05, 4.69) is 9.46 Å². The second-order valence-corrected chi connectivity index (χ2v) is 5.08. The quantitative estimate of drug-likeness (QED) is 0.588. The van der Waals surface area contributed by atoms with Crippen LogP contribution in [0.25, 0.3) is 0 Å². The number of anilines is 2. The first-order valence-corrected chi connectivity index (χ1v) is 6.40. The molecule has 0 aliphatic rings. The van der Waals surface area contributed by atoms with Gasteiger partial charge in [-0.2, -0.15) is 5.26 Å². The Hall–Kier alpha value is -2.27. The summed E-state index contributed by atoms with van der Waals surface area (Å²) in [4.78, 5) is 10.9. The van der Waals surface area contributed by atoms with E-state index in [1.54, 1.807) is 6.07 Å². The van der Waals surface area contributed by atoms with Crippen LogP contribution in [0.1, 0.15) is 5.56 Å². The number of sulfonamides is 1. The Kier molecular flexibility index (Phi) is 4.12. The molecule has 0 amide bonds. The lowest BCUT2D eigenvalue weighted by Gasteiger charge is -2.08. The van der Waals surface area contributed by atoms with E-state index in [0.29, 0.717) is 5.69 Å². The maximum atomic E-state index is 11.6. The first-order chi connectivity index (χ1) is 8.38. The van der Waals surface area contributed by atoms with Crippen LogP contribution < -0.4 is 10.5 Å². The lowest BCUT2D eigenvalue weighted by molar-refractivity contribution is -0.137. The number of methoxy groups -OCH3 is 1. The second kappa shape index (κ2) is 5.37. The number of hydrogen-bond donors (Lipinski definition) is 2. The average molecular weight is 269 g/mol. The number of ether oxygens (including phenoxy) is 1. The van der Waals surface area contributed by atoms with E-state index < -0.39 is 21.7 Å². The summed E-state index contributed by atoms with van der Waals surface area (Å²) in [6, 6.07) is 5.92. The molecule has 96 valence electrons. The van der Waals surface area contributed by atoms with Crippen molar-refractivity contribution in [3.8, 4) is 6.07 Å². The molecule has 0 aromatic heterocycles. The number of hydrogen-bond acceptors (Lipinski definition) is 6. The molecule has 0 aliphatic carbocycles. The van der Waals surface area contributed by atoms with Gasteiger partial charge in [0, 0.05) is 5.69 Å². The first-order valence-electron chi connectivity index (χ1n) is 4.75. The monoisotopic (exact) mass is 269 g/mol. The van der Waals surface area contributed by atoms with Crippen LogP contribution in [0.4, 0.5) is 11.4 Å². The van der Waals surface area contributed by atoms with Crippen LogP contribution in [0.5, 0.6) is 0 Å². The molecule has 0 saturated heterocycles. The highest BCUT2D eigenvalue weighted by molar-refractivity contribution is 7.93. The summed E-state index contributed by atoms with van der Waals surface area (Å²) in [5.74, 6) is -1.71. The van der Waals surface area contributed by atoms with Gasteiger partial charge in [0.25, 0.3) is 0 Å². The maximum absolute atomic E-state index is 11.6. The van der Waals surface area contributed by atoms with Crippen molar-refractivity contribution in [2.45, 2.75) is 0 Å². The molecule has 0 heterocycles. The molecular formula is C10H11N3O4S. The summed E-state index contributed by atoms with van der Waals surface area (Å²) in [7, 11) is -2.82. The van der Waals surface area contributed by atoms with E-state index in [4.69, 9.17) is 11.0 Å². The van der Waals surface area contributed by atoms with Gasteiger partial charge in [-0.25, -0.2) is 8.42 Å². The number of rotatable bonds is 4. The first kappa shape index (κ1) is 13.8. The van der Waals surface area contributed by atoms with E-state index in [-0.39, 0.29) is 11.3 Å². The van der Waals surface area contributed by atoms with Crippen LogP contribution in [0.15, 0.2) is 18.2 Å². The summed E-state index contributed by atoms with van der Waals surface area (Å²) >= 11 is 0. The summed E-state index contributed by atoms with van der Waals surface area (Å²) in [6.07, 6.45) is 0. The van der Waals surface area contributed by atoms with Crippen molar-refractivity contribution in [3.05, 3.63) is 23.8 Å². The molecule has 0 radical (unpaired) electrons. The van der Waals surface area contributed by atoms with Gasteiger partial charge in [-0.15, -0.1) is 0 Å².